The maximum atomic E-state index is 4.42. The number of nitrogens with one attached hydrogen (secondary N) is 2. The highest BCUT2D eigenvalue weighted by Gasteiger charge is 2.09. The number of aliphatic imine (C=N–C) groups is 1. The van der Waals surface area contributed by atoms with Crippen molar-refractivity contribution < 1.29 is 0 Å². The fraction of sp³-hybridized carbons (Fsp3) is 0.500. The number of aryl methyl sites for hydroxylation is 3. The lowest BCUT2D eigenvalue weighted by molar-refractivity contribution is 0.728. The molecule has 0 spiro atoms. The Labute approximate surface area is 125 Å². The van der Waals surface area contributed by atoms with E-state index in [2.05, 4.69) is 32.7 Å². The molecule has 0 aliphatic rings. The monoisotopic (exact) mass is 289 g/mol. The highest BCUT2D eigenvalue weighted by atomic mass is 15.3. The summed E-state index contributed by atoms with van der Waals surface area (Å²) in [6.07, 6.45) is 3.82. The molecule has 7 nitrogen and oxygen atoms in total. The predicted octanol–water partition coefficient (Wildman–Crippen LogP) is 0.636. The molecule has 7 heteroatoms. The van der Waals surface area contributed by atoms with Crippen LogP contribution in [0.15, 0.2) is 17.4 Å². The zero-order chi connectivity index (χ0) is 15.4. The van der Waals surface area contributed by atoms with Crippen molar-refractivity contribution in [2.45, 2.75) is 26.9 Å². The lowest BCUT2D eigenvalue weighted by atomic mass is 10.2. The summed E-state index contributed by atoms with van der Waals surface area (Å²) in [5.41, 5.74) is 4.55. The van der Waals surface area contributed by atoms with E-state index in [0.717, 1.165) is 17.2 Å². The molecular weight excluding hydrogens is 266 g/mol. The van der Waals surface area contributed by atoms with Crippen molar-refractivity contribution in [3.8, 4) is 0 Å². The van der Waals surface area contributed by atoms with Gasteiger partial charge in [0.15, 0.2) is 5.96 Å². The Hall–Kier alpha value is -2.31. The molecule has 2 aromatic heterocycles. The quantitative estimate of drug-likeness (QED) is 0.640. The summed E-state index contributed by atoms with van der Waals surface area (Å²) in [5, 5.41) is 15.2. The highest BCUT2D eigenvalue weighted by Crippen LogP contribution is 2.10. The van der Waals surface area contributed by atoms with E-state index in [-0.39, 0.29) is 0 Å². The van der Waals surface area contributed by atoms with Crippen LogP contribution < -0.4 is 10.6 Å². The third-order valence-corrected chi connectivity index (χ3v) is 3.53. The molecule has 0 amide bonds. The molecule has 0 bridgehead atoms. The van der Waals surface area contributed by atoms with Crippen LogP contribution in [-0.4, -0.2) is 32.6 Å². The number of aromatic nitrogens is 4. The molecule has 0 saturated carbocycles. The van der Waals surface area contributed by atoms with Crippen LogP contribution >= 0.6 is 0 Å². The second kappa shape index (κ2) is 6.43. The summed E-state index contributed by atoms with van der Waals surface area (Å²) in [7, 11) is 5.63. The van der Waals surface area contributed by atoms with Crippen molar-refractivity contribution in [1.82, 2.24) is 30.2 Å². The van der Waals surface area contributed by atoms with E-state index in [4.69, 9.17) is 0 Å². The number of nitrogens with zero attached hydrogens (tertiary/aromatic N) is 5. The van der Waals surface area contributed by atoms with Crippen LogP contribution in [0.25, 0.3) is 0 Å². The summed E-state index contributed by atoms with van der Waals surface area (Å²) < 4.78 is 3.69. The van der Waals surface area contributed by atoms with Gasteiger partial charge in [-0.25, -0.2) is 0 Å². The van der Waals surface area contributed by atoms with Crippen molar-refractivity contribution in [3.63, 3.8) is 0 Å². The van der Waals surface area contributed by atoms with E-state index in [9.17, 15) is 0 Å². The van der Waals surface area contributed by atoms with Crippen LogP contribution in [0.5, 0.6) is 0 Å². The van der Waals surface area contributed by atoms with Gasteiger partial charge in [0.05, 0.1) is 11.9 Å². The highest BCUT2D eigenvalue weighted by molar-refractivity contribution is 5.79. The fourth-order valence-corrected chi connectivity index (χ4v) is 2.21. The molecule has 0 aliphatic heterocycles. The number of rotatable bonds is 4. The number of guanidine groups is 1. The third kappa shape index (κ3) is 3.62. The summed E-state index contributed by atoms with van der Waals surface area (Å²) in [6.45, 7) is 5.50. The van der Waals surface area contributed by atoms with Gasteiger partial charge < -0.3 is 10.6 Å². The average Bonchev–Trinajstić information content (AvgIpc) is 2.96. The van der Waals surface area contributed by atoms with Crippen LogP contribution in [0.3, 0.4) is 0 Å². The maximum absolute atomic E-state index is 4.42. The van der Waals surface area contributed by atoms with E-state index in [1.807, 2.05) is 38.1 Å². The lowest BCUT2D eigenvalue weighted by Crippen LogP contribution is -2.36. The Morgan fingerprint density at radius 2 is 1.95 bits per heavy atom. The summed E-state index contributed by atoms with van der Waals surface area (Å²) >= 11 is 0. The first kappa shape index (κ1) is 15.1. The first-order chi connectivity index (χ1) is 10.0. The van der Waals surface area contributed by atoms with Crippen molar-refractivity contribution in [2.24, 2.45) is 19.1 Å². The van der Waals surface area contributed by atoms with Gasteiger partial charge in [-0.2, -0.15) is 10.2 Å². The van der Waals surface area contributed by atoms with Gasteiger partial charge in [-0.3, -0.25) is 14.4 Å². The molecule has 2 N–H and O–H groups in total. The van der Waals surface area contributed by atoms with Gasteiger partial charge in [-0.15, -0.1) is 0 Å². The zero-order valence-corrected chi connectivity index (χ0v) is 13.3. The largest absolute Gasteiger partial charge is 0.352 e. The van der Waals surface area contributed by atoms with Crippen LogP contribution in [0.2, 0.25) is 0 Å². The Morgan fingerprint density at radius 3 is 2.48 bits per heavy atom. The Bertz CT molecular complexity index is 636. The normalized spacial score (nSPS) is 11.8. The van der Waals surface area contributed by atoms with Crippen LogP contribution in [-0.2, 0) is 27.2 Å². The Kier molecular flexibility index (Phi) is 4.62. The molecule has 0 fully saturated rings. The summed E-state index contributed by atoms with van der Waals surface area (Å²) in [6, 6.07) is 0. The van der Waals surface area contributed by atoms with Crippen molar-refractivity contribution in [3.05, 3.63) is 34.9 Å². The van der Waals surface area contributed by atoms with Gasteiger partial charge in [-0.05, 0) is 13.8 Å². The number of hydrogen-bond donors (Lipinski definition) is 2. The van der Waals surface area contributed by atoms with E-state index < -0.39 is 0 Å². The minimum atomic E-state index is 0.693. The molecule has 114 valence electrons. The molecular formula is C14H23N7. The minimum absolute atomic E-state index is 0.693. The SMILES string of the molecule is CN=C(NCc1cnn(C)c1)NCc1c(C)nn(C)c1C. The average molecular weight is 289 g/mol. The topological polar surface area (TPSA) is 72.1 Å². The molecule has 0 aliphatic carbocycles. The van der Waals surface area contributed by atoms with Crippen molar-refractivity contribution >= 4 is 5.96 Å². The van der Waals surface area contributed by atoms with Crippen LogP contribution in [0.1, 0.15) is 22.5 Å². The first-order valence-corrected chi connectivity index (χ1v) is 6.92. The molecule has 0 aromatic carbocycles. The molecule has 2 aromatic rings. The molecule has 2 heterocycles. The summed E-state index contributed by atoms with van der Waals surface area (Å²) in [4.78, 5) is 4.23. The van der Waals surface area contributed by atoms with Crippen molar-refractivity contribution in [1.29, 1.82) is 0 Å². The van der Waals surface area contributed by atoms with Gasteiger partial charge in [-0.1, -0.05) is 0 Å². The standard InChI is InChI=1S/C14H23N7/c1-10-13(11(2)21(5)19-10)8-17-14(15-3)16-6-12-7-18-20(4)9-12/h7,9H,6,8H2,1-5H3,(H2,15,16,17). The predicted molar refractivity (Wildman–Crippen MR) is 82.9 cm³/mol. The van der Waals surface area contributed by atoms with E-state index in [1.54, 1.807) is 11.7 Å². The molecule has 0 radical (unpaired) electrons. The summed E-state index contributed by atoms with van der Waals surface area (Å²) in [5.74, 6) is 0.765. The van der Waals surface area contributed by atoms with Gasteiger partial charge in [0.25, 0.3) is 0 Å². The van der Waals surface area contributed by atoms with E-state index in [0.29, 0.717) is 13.1 Å². The maximum Gasteiger partial charge on any atom is 0.191 e. The third-order valence-electron chi connectivity index (χ3n) is 3.53. The Morgan fingerprint density at radius 1 is 1.24 bits per heavy atom. The van der Waals surface area contributed by atoms with E-state index in [1.165, 1.54) is 11.3 Å². The zero-order valence-electron chi connectivity index (χ0n) is 13.3. The number of hydrogen-bond acceptors (Lipinski definition) is 3. The van der Waals surface area contributed by atoms with Crippen LogP contribution in [0.4, 0.5) is 0 Å². The molecule has 21 heavy (non-hydrogen) atoms. The molecule has 0 atom stereocenters. The van der Waals surface area contributed by atoms with Gasteiger partial charge in [0, 0.05) is 57.3 Å². The second-order valence-corrected chi connectivity index (χ2v) is 5.07. The smallest absolute Gasteiger partial charge is 0.191 e. The Balaban J connectivity index is 1.91. The van der Waals surface area contributed by atoms with Crippen LogP contribution in [0, 0.1) is 13.8 Å². The van der Waals surface area contributed by atoms with Gasteiger partial charge >= 0.3 is 0 Å². The first-order valence-electron chi connectivity index (χ1n) is 6.92. The van der Waals surface area contributed by atoms with Gasteiger partial charge in [0.2, 0.25) is 0 Å². The molecule has 0 unspecified atom stereocenters. The molecule has 2 rings (SSSR count). The van der Waals surface area contributed by atoms with Crippen molar-refractivity contribution in [2.75, 3.05) is 7.05 Å². The lowest BCUT2D eigenvalue weighted by Gasteiger charge is -2.11. The van der Waals surface area contributed by atoms with Gasteiger partial charge in [0.1, 0.15) is 0 Å². The fourth-order valence-electron chi connectivity index (χ4n) is 2.21. The second-order valence-electron chi connectivity index (χ2n) is 5.07. The molecule has 0 saturated heterocycles. The minimum Gasteiger partial charge on any atom is -0.352 e. The van der Waals surface area contributed by atoms with E-state index >= 15 is 0 Å².